The van der Waals surface area contributed by atoms with Crippen LogP contribution in [0.25, 0.3) is 10.9 Å². The van der Waals surface area contributed by atoms with E-state index in [2.05, 4.69) is 26.2 Å². The quantitative estimate of drug-likeness (QED) is 0.642. The maximum atomic E-state index is 6.03. The molecule has 0 aliphatic rings. The lowest BCUT2D eigenvalue weighted by atomic mass is 10.2. The highest BCUT2D eigenvalue weighted by Crippen LogP contribution is 2.32. The lowest BCUT2D eigenvalue weighted by Gasteiger charge is -2.12. The molecule has 3 aromatic rings. The van der Waals surface area contributed by atoms with E-state index in [1.54, 1.807) is 12.3 Å². The Labute approximate surface area is 129 Å². The van der Waals surface area contributed by atoms with Crippen molar-refractivity contribution in [2.24, 2.45) is 0 Å². The first kappa shape index (κ1) is 13.2. The molecule has 0 amide bonds. The van der Waals surface area contributed by atoms with Crippen LogP contribution in [-0.2, 0) is 0 Å². The summed E-state index contributed by atoms with van der Waals surface area (Å²) in [5, 5.41) is 4.87. The Hall–Kier alpha value is -1.78. The first-order valence-electron chi connectivity index (χ1n) is 6.00. The predicted octanol–water partition coefficient (Wildman–Crippen LogP) is 4.98. The van der Waals surface area contributed by atoms with E-state index in [1.165, 1.54) is 0 Å². The van der Waals surface area contributed by atoms with Crippen molar-refractivity contribution in [1.82, 2.24) is 4.98 Å². The molecule has 1 aromatic heterocycles. The third-order valence-corrected chi connectivity index (χ3v) is 3.76. The van der Waals surface area contributed by atoms with Crippen LogP contribution in [0.2, 0.25) is 5.02 Å². The molecule has 1 heterocycles. The van der Waals surface area contributed by atoms with Crippen molar-refractivity contribution in [3.8, 4) is 0 Å². The average Bonchev–Trinajstić information content (AvgIpc) is 2.44. The SMILES string of the molecule is Nc1c(Cl)cccc1Nc1cccc2cc(Br)cnc12. The Morgan fingerprint density at radius 1 is 1.10 bits per heavy atom. The molecule has 0 saturated heterocycles. The van der Waals surface area contributed by atoms with Gasteiger partial charge in [-0.15, -0.1) is 0 Å². The zero-order valence-corrected chi connectivity index (χ0v) is 12.7. The summed E-state index contributed by atoms with van der Waals surface area (Å²) in [7, 11) is 0. The van der Waals surface area contributed by atoms with Crippen molar-refractivity contribution < 1.29 is 0 Å². The van der Waals surface area contributed by atoms with E-state index in [-0.39, 0.29) is 0 Å². The largest absolute Gasteiger partial charge is 0.396 e. The molecule has 0 saturated carbocycles. The van der Waals surface area contributed by atoms with Crippen molar-refractivity contribution in [3.05, 3.63) is 58.2 Å². The number of halogens is 2. The van der Waals surface area contributed by atoms with E-state index in [0.717, 1.165) is 26.8 Å². The fourth-order valence-electron chi connectivity index (χ4n) is 2.03. The number of pyridine rings is 1. The molecule has 3 nitrogen and oxygen atoms in total. The van der Waals surface area contributed by atoms with Crippen molar-refractivity contribution >= 4 is 55.5 Å². The maximum Gasteiger partial charge on any atom is 0.0937 e. The van der Waals surface area contributed by atoms with E-state index in [9.17, 15) is 0 Å². The third-order valence-electron chi connectivity index (χ3n) is 3.00. The minimum Gasteiger partial charge on any atom is -0.396 e. The van der Waals surface area contributed by atoms with Crippen LogP contribution in [0.4, 0.5) is 17.1 Å². The van der Waals surface area contributed by atoms with Gasteiger partial charge < -0.3 is 11.1 Å². The van der Waals surface area contributed by atoms with E-state index in [4.69, 9.17) is 17.3 Å². The van der Waals surface area contributed by atoms with Crippen LogP contribution in [0.5, 0.6) is 0 Å². The molecule has 0 spiro atoms. The van der Waals surface area contributed by atoms with E-state index >= 15 is 0 Å². The second kappa shape index (κ2) is 5.31. The highest BCUT2D eigenvalue weighted by molar-refractivity contribution is 9.10. The monoisotopic (exact) mass is 347 g/mol. The molecular weight excluding hydrogens is 338 g/mol. The molecule has 100 valence electrons. The van der Waals surface area contributed by atoms with E-state index < -0.39 is 0 Å². The molecule has 5 heteroatoms. The smallest absolute Gasteiger partial charge is 0.0937 e. The number of aromatic nitrogens is 1. The molecule has 3 rings (SSSR count). The summed E-state index contributed by atoms with van der Waals surface area (Å²) in [6, 6.07) is 13.5. The molecular formula is C15H11BrClN3. The summed E-state index contributed by atoms with van der Waals surface area (Å²) < 4.78 is 0.949. The molecule has 0 bridgehead atoms. The zero-order chi connectivity index (χ0) is 14.1. The van der Waals surface area contributed by atoms with Crippen molar-refractivity contribution in [2.75, 3.05) is 11.1 Å². The third kappa shape index (κ3) is 2.44. The lowest BCUT2D eigenvalue weighted by molar-refractivity contribution is 1.38. The summed E-state index contributed by atoms with van der Waals surface area (Å²) in [6.45, 7) is 0. The van der Waals surface area contributed by atoms with Gasteiger partial charge in [-0.1, -0.05) is 29.8 Å². The number of benzene rings is 2. The fraction of sp³-hybridized carbons (Fsp3) is 0. The van der Waals surface area contributed by atoms with Crippen LogP contribution in [0.1, 0.15) is 0 Å². The molecule has 0 unspecified atom stereocenters. The van der Waals surface area contributed by atoms with Gasteiger partial charge in [-0.2, -0.15) is 0 Å². The zero-order valence-electron chi connectivity index (χ0n) is 10.4. The number of hydrogen-bond acceptors (Lipinski definition) is 3. The van der Waals surface area contributed by atoms with Crippen molar-refractivity contribution in [2.45, 2.75) is 0 Å². The standard InChI is InChI=1S/C15H11BrClN3/c16-10-7-9-3-1-6-13(15(9)19-8-10)20-12-5-2-4-11(17)14(12)18/h1-8,20H,18H2. The van der Waals surface area contributed by atoms with Crippen molar-refractivity contribution in [3.63, 3.8) is 0 Å². The summed E-state index contributed by atoms with van der Waals surface area (Å²) in [4.78, 5) is 4.45. The summed E-state index contributed by atoms with van der Waals surface area (Å²) in [5.41, 5.74) is 9.06. The van der Waals surface area contributed by atoms with Crippen molar-refractivity contribution in [1.29, 1.82) is 0 Å². The number of anilines is 3. The van der Waals surface area contributed by atoms with Crippen LogP contribution in [0.15, 0.2) is 53.1 Å². The molecule has 2 aromatic carbocycles. The first-order chi connectivity index (χ1) is 9.65. The van der Waals surface area contributed by atoms with Crippen LogP contribution in [0.3, 0.4) is 0 Å². The average molecular weight is 349 g/mol. The van der Waals surface area contributed by atoms with E-state index in [0.29, 0.717) is 10.7 Å². The van der Waals surface area contributed by atoms with Crippen LogP contribution >= 0.6 is 27.5 Å². The molecule has 0 aliphatic heterocycles. The van der Waals surface area contributed by atoms with Gasteiger partial charge in [0, 0.05) is 16.1 Å². The molecule has 3 N–H and O–H groups in total. The Balaban J connectivity index is 2.09. The van der Waals surface area contributed by atoms with E-state index in [1.807, 2.05) is 36.4 Å². The Bertz CT molecular complexity index is 789. The van der Waals surface area contributed by atoms with Gasteiger partial charge in [0.25, 0.3) is 0 Å². The van der Waals surface area contributed by atoms with Crippen LogP contribution in [0, 0.1) is 0 Å². The van der Waals surface area contributed by atoms with Gasteiger partial charge >= 0.3 is 0 Å². The molecule has 0 aliphatic carbocycles. The second-order valence-corrected chi connectivity index (χ2v) is 5.68. The highest BCUT2D eigenvalue weighted by Gasteiger charge is 2.07. The van der Waals surface area contributed by atoms with Crippen LogP contribution < -0.4 is 11.1 Å². The van der Waals surface area contributed by atoms with Crippen LogP contribution in [-0.4, -0.2) is 4.98 Å². The number of nitrogens with two attached hydrogens (primary N) is 1. The number of rotatable bonds is 2. The highest BCUT2D eigenvalue weighted by atomic mass is 79.9. The Morgan fingerprint density at radius 2 is 1.85 bits per heavy atom. The number of para-hydroxylation sites is 2. The minimum atomic E-state index is 0.531. The van der Waals surface area contributed by atoms with Gasteiger partial charge in [-0.25, -0.2) is 0 Å². The van der Waals surface area contributed by atoms with Gasteiger partial charge in [-0.3, -0.25) is 4.98 Å². The lowest BCUT2D eigenvalue weighted by Crippen LogP contribution is -1.98. The molecule has 0 radical (unpaired) electrons. The molecule has 0 fully saturated rings. The topological polar surface area (TPSA) is 50.9 Å². The number of hydrogen-bond donors (Lipinski definition) is 2. The number of nitrogens with zero attached hydrogens (tertiary/aromatic N) is 1. The maximum absolute atomic E-state index is 6.03. The molecule has 20 heavy (non-hydrogen) atoms. The van der Waals surface area contributed by atoms with Gasteiger partial charge in [0.05, 0.1) is 27.6 Å². The van der Waals surface area contributed by atoms with Gasteiger partial charge in [0.1, 0.15) is 0 Å². The van der Waals surface area contributed by atoms with Gasteiger partial charge in [0.15, 0.2) is 0 Å². The number of nitrogen functional groups attached to an aromatic ring is 1. The second-order valence-electron chi connectivity index (χ2n) is 4.36. The summed E-state index contributed by atoms with van der Waals surface area (Å²) >= 11 is 9.46. The predicted molar refractivity (Wildman–Crippen MR) is 88.6 cm³/mol. The van der Waals surface area contributed by atoms with Gasteiger partial charge in [-0.05, 0) is 40.2 Å². The first-order valence-corrected chi connectivity index (χ1v) is 7.17. The normalized spacial score (nSPS) is 10.7. The minimum absolute atomic E-state index is 0.531. The number of fused-ring (bicyclic) bond motifs is 1. The Morgan fingerprint density at radius 3 is 2.70 bits per heavy atom. The summed E-state index contributed by atoms with van der Waals surface area (Å²) in [5.74, 6) is 0. The van der Waals surface area contributed by atoms with Gasteiger partial charge in [0.2, 0.25) is 0 Å². The Kier molecular flexibility index (Phi) is 3.51. The number of nitrogens with one attached hydrogen (secondary N) is 1. The summed E-state index contributed by atoms with van der Waals surface area (Å²) in [6.07, 6.45) is 1.77. The molecule has 0 atom stereocenters. The fourth-order valence-corrected chi connectivity index (χ4v) is 2.55.